The maximum Gasteiger partial charge on any atom is 0.169 e. The summed E-state index contributed by atoms with van der Waals surface area (Å²) in [5.74, 6) is 0.141. The van der Waals surface area contributed by atoms with Crippen LogP contribution in [0.2, 0.25) is 0 Å². The number of nitrogens with one attached hydrogen (secondary N) is 1. The summed E-state index contributed by atoms with van der Waals surface area (Å²) < 4.78 is 5.38. The van der Waals surface area contributed by atoms with E-state index in [9.17, 15) is 4.79 Å². The van der Waals surface area contributed by atoms with Gasteiger partial charge in [0.15, 0.2) is 5.78 Å². The first kappa shape index (κ1) is 13.2. The summed E-state index contributed by atoms with van der Waals surface area (Å²) in [5.41, 5.74) is 2.09. The van der Waals surface area contributed by atoms with Gasteiger partial charge in [-0.1, -0.05) is 37.6 Å². The lowest BCUT2D eigenvalue weighted by Crippen LogP contribution is -2.36. The second kappa shape index (κ2) is 6.12. The first-order valence-electron chi connectivity index (χ1n) is 6.64. The molecule has 0 aromatic heterocycles. The summed E-state index contributed by atoms with van der Waals surface area (Å²) >= 11 is 0. The maximum atomic E-state index is 12.4. The maximum absolute atomic E-state index is 12.4. The molecule has 0 spiro atoms. The normalized spacial score (nSPS) is 23.2. The molecule has 0 bridgehead atoms. The first-order valence-corrected chi connectivity index (χ1v) is 6.64. The first-order chi connectivity index (χ1) is 8.76. The molecule has 1 aliphatic heterocycles. The van der Waals surface area contributed by atoms with Crippen molar-refractivity contribution in [3.63, 3.8) is 0 Å². The second-order valence-electron chi connectivity index (χ2n) is 4.85. The van der Waals surface area contributed by atoms with E-state index in [4.69, 9.17) is 4.74 Å². The van der Waals surface area contributed by atoms with Crippen LogP contribution in [0.5, 0.6) is 0 Å². The molecule has 0 aliphatic carbocycles. The molecule has 98 valence electrons. The van der Waals surface area contributed by atoms with E-state index >= 15 is 0 Å². The van der Waals surface area contributed by atoms with Crippen LogP contribution in [-0.4, -0.2) is 32.1 Å². The summed E-state index contributed by atoms with van der Waals surface area (Å²) in [7, 11) is 1.88. The fourth-order valence-corrected chi connectivity index (χ4v) is 2.44. The van der Waals surface area contributed by atoms with E-state index in [1.165, 1.54) is 5.56 Å². The van der Waals surface area contributed by atoms with Gasteiger partial charge < -0.3 is 10.1 Å². The number of Topliss-reactive ketones (excluding diaryl/α,β-unsaturated/α-hetero) is 1. The van der Waals surface area contributed by atoms with Gasteiger partial charge in [0, 0.05) is 11.6 Å². The molecule has 2 unspecified atom stereocenters. The predicted octanol–water partition coefficient (Wildman–Crippen LogP) is 2.06. The van der Waals surface area contributed by atoms with Gasteiger partial charge in [-0.2, -0.15) is 0 Å². The molecule has 0 amide bonds. The van der Waals surface area contributed by atoms with Crippen molar-refractivity contribution in [2.24, 2.45) is 5.92 Å². The highest BCUT2D eigenvalue weighted by Gasteiger charge is 2.33. The zero-order valence-corrected chi connectivity index (χ0v) is 11.1. The zero-order chi connectivity index (χ0) is 13.0. The summed E-state index contributed by atoms with van der Waals surface area (Å²) in [6, 6.07) is 8.14. The zero-order valence-electron chi connectivity index (χ0n) is 11.1. The van der Waals surface area contributed by atoms with Crippen molar-refractivity contribution in [1.82, 2.24) is 5.32 Å². The van der Waals surface area contributed by atoms with Crippen LogP contribution < -0.4 is 5.32 Å². The highest BCUT2D eigenvalue weighted by molar-refractivity contribution is 5.98. The Morgan fingerprint density at radius 1 is 1.33 bits per heavy atom. The van der Waals surface area contributed by atoms with Crippen LogP contribution in [0.25, 0.3) is 0 Å². The van der Waals surface area contributed by atoms with Gasteiger partial charge >= 0.3 is 0 Å². The minimum atomic E-state index is -0.0491. The van der Waals surface area contributed by atoms with E-state index in [1.807, 2.05) is 19.2 Å². The van der Waals surface area contributed by atoms with Crippen LogP contribution in [0.15, 0.2) is 24.3 Å². The Kier molecular flexibility index (Phi) is 4.50. The number of hydrogen-bond acceptors (Lipinski definition) is 3. The van der Waals surface area contributed by atoms with E-state index in [0.29, 0.717) is 13.2 Å². The molecule has 1 aromatic carbocycles. The number of likely N-dealkylation sites (N-methyl/N-ethyl adjacent to an activating group) is 1. The summed E-state index contributed by atoms with van der Waals surface area (Å²) in [6.45, 7) is 3.31. The third-order valence-corrected chi connectivity index (χ3v) is 3.57. The van der Waals surface area contributed by atoms with Gasteiger partial charge in [-0.3, -0.25) is 4.79 Å². The van der Waals surface area contributed by atoms with Gasteiger partial charge in [-0.15, -0.1) is 0 Å². The molecule has 1 aromatic rings. The van der Waals surface area contributed by atoms with Crippen LogP contribution in [0.1, 0.15) is 29.3 Å². The number of aryl methyl sites for hydroxylation is 1. The molecular weight excluding hydrogens is 226 g/mol. The fourth-order valence-electron chi connectivity index (χ4n) is 2.44. The molecule has 2 rings (SSSR count). The second-order valence-corrected chi connectivity index (χ2v) is 4.85. The minimum Gasteiger partial charge on any atom is -0.379 e. The molecule has 0 radical (unpaired) electrons. The molecule has 2 atom stereocenters. The largest absolute Gasteiger partial charge is 0.379 e. The number of ketones is 1. The number of carbonyl (C=O) groups is 1. The molecule has 1 fully saturated rings. The Morgan fingerprint density at radius 3 is 2.67 bits per heavy atom. The van der Waals surface area contributed by atoms with Crippen molar-refractivity contribution in [1.29, 1.82) is 0 Å². The summed E-state index contributed by atoms with van der Waals surface area (Å²) in [4.78, 5) is 12.4. The molecule has 3 nitrogen and oxygen atoms in total. The Bertz CT molecular complexity index is 399. The van der Waals surface area contributed by atoms with E-state index in [0.717, 1.165) is 18.4 Å². The third-order valence-electron chi connectivity index (χ3n) is 3.57. The van der Waals surface area contributed by atoms with Crippen LogP contribution in [-0.2, 0) is 11.2 Å². The Balaban J connectivity index is 2.08. The molecule has 3 heteroatoms. The van der Waals surface area contributed by atoms with Gasteiger partial charge in [-0.05, 0) is 19.0 Å². The highest BCUT2D eigenvalue weighted by Crippen LogP contribution is 2.19. The Labute approximate surface area is 109 Å². The highest BCUT2D eigenvalue weighted by atomic mass is 16.5. The number of ether oxygens (including phenoxy) is 1. The van der Waals surface area contributed by atoms with Crippen molar-refractivity contribution in [2.75, 3.05) is 20.3 Å². The van der Waals surface area contributed by atoms with E-state index in [1.54, 1.807) is 0 Å². The van der Waals surface area contributed by atoms with E-state index < -0.39 is 0 Å². The number of carbonyl (C=O) groups excluding carboxylic acids is 1. The lowest BCUT2D eigenvalue weighted by atomic mass is 9.92. The van der Waals surface area contributed by atoms with E-state index in [-0.39, 0.29) is 17.7 Å². The van der Waals surface area contributed by atoms with Gasteiger partial charge in [0.2, 0.25) is 0 Å². The summed E-state index contributed by atoms with van der Waals surface area (Å²) in [5, 5.41) is 3.15. The van der Waals surface area contributed by atoms with Crippen LogP contribution >= 0.6 is 0 Å². The van der Waals surface area contributed by atoms with Gasteiger partial charge in [0.05, 0.1) is 19.1 Å². The van der Waals surface area contributed by atoms with Crippen molar-refractivity contribution in [3.8, 4) is 0 Å². The van der Waals surface area contributed by atoms with Gasteiger partial charge in [0.25, 0.3) is 0 Å². The van der Waals surface area contributed by atoms with Gasteiger partial charge in [0.1, 0.15) is 0 Å². The number of rotatable bonds is 5. The average Bonchev–Trinajstić information content (AvgIpc) is 2.87. The lowest BCUT2D eigenvalue weighted by molar-refractivity contribution is 0.0892. The van der Waals surface area contributed by atoms with Gasteiger partial charge in [-0.25, -0.2) is 0 Å². The van der Waals surface area contributed by atoms with Crippen molar-refractivity contribution in [3.05, 3.63) is 35.4 Å². The Hall–Kier alpha value is -1.19. The van der Waals surface area contributed by atoms with Crippen molar-refractivity contribution in [2.45, 2.75) is 25.8 Å². The quantitative estimate of drug-likeness (QED) is 0.809. The van der Waals surface area contributed by atoms with Crippen LogP contribution in [0.3, 0.4) is 0 Å². The number of benzene rings is 1. The van der Waals surface area contributed by atoms with E-state index in [2.05, 4.69) is 24.4 Å². The molecule has 0 saturated carbocycles. The molecule has 1 heterocycles. The molecule has 1 aliphatic rings. The van der Waals surface area contributed by atoms with Crippen LogP contribution in [0, 0.1) is 5.92 Å². The SMILES string of the molecule is CCCc1ccc(C(=O)C2COCC2NC)cc1. The van der Waals surface area contributed by atoms with Crippen molar-refractivity contribution < 1.29 is 9.53 Å². The van der Waals surface area contributed by atoms with Crippen LogP contribution in [0.4, 0.5) is 0 Å². The topological polar surface area (TPSA) is 38.3 Å². The monoisotopic (exact) mass is 247 g/mol. The smallest absolute Gasteiger partial charge is 0.169 e. The van der Waals surface area contributed by atoms with Crippen molar-refractivity contribution >= 4 is 5.78 Å². The lowest BCUT2D eigenvalue weighted by Gasteiger charge is -2.15. The molecule has 18 heavy (non-hydrogen) atoms. The fraction of sp³-hybridized carbons (Fsp3) is 0.533. The molecular formula is C15H21NO2. The minimum absolute atomic E-state index is 0.0491. The third kappa shape index (κ3) is 2.79. The number of hydrogen-bond donors (Lipinski definition) is 1. The predicted molar refractivity (Wildman–Crippen MR) is 71.9 cm³/mol. The summed E-state index contributed by atoms with van der Waals surface area (Å²) in [6.07, 6.45) is 2.20. The standard InChI is InChI=1S/C15H21NO2/c1-3-4-11-5-7-12(8-6-11)15(17)13-9-18-10-14(13)16-2/h5-8,13-14,16H,3-4,9-10H2,1-2H3. The Morgan fingerprint density at radius 2 is 2.06 bits per heavy atom. The average molecular weight is 247 g/mol. The molecule has 1 saturated heterocycles. The molecule has 1 N–H and O–H groups in total.